The average molecular weight is 269 g/mol. The molecule has 0 aromatic carbocycles. The van der Waals surface area contributed by atoms with Gasteiger partial charge in [0.25, 0.3) is 5.91 Å². The molecule has 3 N–H and O–H groups in total. The normalized spacial score (nSPS) is 11.3. The van der Waals surface area contributed by atoms with Crippen molar-refractivity contribution < 1.29 is 4.79 Å². The third kappa shape index (κ3) is 4.40. The van der Waals surface area contributed by atoms with Gasteiger partial charge in [0.05, 0.1) is 4.88 Å². The van der Waals surface area contributed by atoms with Crippen LogP contribution < -0.4 is 11.3 Å². The molecule has 0 atom stereocenters. The van der Waals surface area contributed by atoms with Gasteiger partial charge >= 0.3 is 0 Å². The molecule has 0 aliphatic rings. The first kappa shape index (κ1) is 15.1. The second kappa shape index (κ2) is 6.87. The maximum Gasteiger partial charge on any atom is 0.275 e. The summed E-state index contributed by atoms with van der Waals surface area (Å²) in [5.74, 6) is 5.65. The molecule has 0 spiro atoms. The SMILES string of the molecule is Cc1sc(C(=O)NN)cc1CN(C)CCC(C)C. The number of nitrogen functional groups attached to an aromatic ring is 1. The van der Waals surface area contributed by atoms with E-state index in [1.807, 2.05) is 13.0 Å². The Morgan fingerprint density at radius 2 is 2.22 bits per heavy atom. The highest BCUT2D eigenvalue weighted by Crippen LogP contribution is 2.22. The van der Waals surface area contributed by atoms with Gasteiger partial charge in [0.2, 0.25) is 0 Å². The molecule has 1 rings (SSSR count). The first-order valence-corrected chi connectivity index (χ1v) is 7.04. The van der Waals surface area contributed by atoms with Crippen LogP contribution in [0.15, 0.2) is 6.07 Å². The first-order valence-electron chi connectivity index (χ1n) is 6.22. The molecule has 0 aliphatic carbocycles. The molecule has 1 amide bonds. The van der Waals surface area contributed by atoms with Crippen molar-refractivity contribution in [1.29, 1.82) is 0 Å². The van der Waals surface area contributed by atoms with Crippen molar-refractivity contribution in [3.05, 3.63) is 21.4 Å². The zero-order chi connectivity index (χ0) is 13.7. The summed E-state index contributed by atoms with van der Waals surface area (Å²) in [4.78, 5) is 15.6. The second-order valence-corrected chi connectivity index (χ2v) is 6.34. The van der Waals surface area contributed by atoms with Crippen molar-refractivity contribution in [2.75, 3.05) is 13.6 Å². The molecule has 1 heterocycles. The minimum absolute atomic E-state index is 0.209. The fraction of sp³-hybridized carbons (Fsp3) is 0.615. The summed E-state index contributed by atoms with van der Waals surface area (Å²) < 4.78 is 0. The van der Waals surface area contributed by atoms with Crippen molar-refractivity contribution >= 4 is 17.2 Å². The number of aryl methyl sites for hydroxylation is 1. The monoisotopic (exact) mass is 269 g/mol. The minimum atomic E-state index is -0.209. The number of hydrogen-bond donors (Lipinski definition) is 2. The maximum atomic E-state index is 11.4. The van der Waals surface area contributed by atoms with Gasteiger partial charge in [-0.25, -0.2) is 5.84 Å². The van der Waals surface area contributed by atoms with E-state index in [0.717, 1.165) is 19.0 Å². The minimum Gasteiger partial charge on any atom is -0.302 e. The summed E-state index contributed by atoms with van der Waals surface area (Å²) in [6.45, 7) is 8.46. The highest BCUT2D eigenvalue weighted by Gasteiger charge is 2.12. The van der Waals surface area contributed by atoms with Gasteiger partial charge in [0, 0.05) is 11.4 Å². The van der Waals surface area contributed by atoms with Crippen molar-refractivity contribution in [3.8, 4) is 0 Å². The topological polar surface area (TPSA) is 58.4 Å². The van der Waals surface area contributed by atoms with E-state index in [9.17, 15) is 4.79 Å². The maximum absolute atomic E-state index is 11.4. The largest absolute Gasteiger partial charge is 0.302 e. The van der Waals surface area contributed by atoms with E-state index in [0.29, 0.717) is 4.88 Å². The number of nitrogens with zero attached hydrogens (tertiary/aromatic N) is 1. The Morgan fingerprint density at radius 3 is 2.78 bits per heavy atom. The van der Waals surface area contributed by atoms with Gasteiger partial charge in [0.1, 0.15) is 0 Å². The van der Waals surface area contributed by atoms with Gasteiger partial charge in [-0.1, -0.05) is 13.8 Å². The number of thiophene rings is 1. The molecule has 5 heteroatoms. The highest BCUT2D eigenvalue weighted by molar-refractivity contribution is 7.14. The van der Waals surface area contributed by atoms with Gasteiger partial charge < -0.3 is 4.90 Å². The number of nitrogens with one attached hydrogen (secondary N) is 1. The number of hydrogen-bond acceptors (Lipinski definition) is 4. The van der Waals surface area contributed by atoms with E-state index in [2.05, 4.69) is 31.2 Å². The summed E-state index contributed by atoms with van der Waals surface area (Å²) in [6.07, 6.45) is 1.19. The zero-order valence-electron chi connectivity index (χ0n) is 11.6. The van der Waals surface area contributed by atoms with Gasteiger partial charge in [-0.05, 0) is 44.5 Å². The smallest absolute Gasteiger partial charge is 0.275 e. The van der Waals surface area contributed by atoms with Crippen LogP contribution in [0, 0.1) is 12.8 Å². The van der Waals surface area contributed by atoms with E-state index in [-0.39, 0.29) is 5.91 Å². The molecule has 0 fully saturated rings. The Balaban J connectivity index is 2.61. The van der Waals surface area contributed by atoms with Crippen LogP contribution in [0.4, 0.5) is 0 Å². The van der Waals surface area contributed by atoms with E-state index in [1.165, 1.54) is 28.2 Å². The molecule has 0 saturated carbocycles. The number of hydrazine groups is 1. The third-order valence-electron chi connectivity index (χ3n) is 2.90. The fourth-order valence-electron chi connectivity index (χ4n) is 1.71. The van der Waals surface area contributed by atoms with Crippen LogP contribution in [-0.4, -0.2) is 24.4 Å². The average Bonchev–Trinajstić information content (AvgIpc) is 2.67. The Labute approximate surface area is 113 Å². The molecule has 4 nitrogen and oxygen atoms in total. The molecule has 18 heavy (non-hydrogen) atoms. The van der Waals surface area contributed by atoms with Gasteiger partial charge in [-0.15, -0.1) is 11.3 Å². The lowest BCUT2D eigenvalue weighted by molar-refractivity contribution is 0.0957. The molecule has 0 radical (unpaired) electrons. The predicted molar refractivity (Wildman–Crippen MR) is 76.5 cm³/mol. The second-order valence-electron chi connectivity index (χ2n) is 5.09. The van der Waals surface area contributed by atoms with Crippen LogP contribution in [-0.2, 0) is 6.54 Å². The van der Waals surface area contributed by atoms with Crippen LogP contribution in [0.1, 0.15) is 40.4 Å². The zero-order valence-corrected chi connectivity index (χ0v) is 12.4. The summed E-state index contributed by atoms with van der Waals surface area (Å²) >= 11 is 1.49. The van der Waals surface area contributed by atoms with Crippen molar-refractivity contribution in [2.45, 2.75) is 33.7 Å². The van der Waals surface area contributed by atoms with Crippen LogP contribution >= 0.6 is 11.3 Å². The molecule has 102 valence electrons. The van der Waals surface area contributed by atoms with Crippen LogP contribution in [0.2, 0.25) is 0 Å². The van der Waals surface area contributed by atoms with E-state index in [1.54, 1.807) is 0 Å². The number of amides is 1. The molecule has 0 aliphatic heterocycles. The van der Waals surface area contributed by atoms with Crippen LogP contribution in [0.3, 0.4) is 0 Å². The Hall–Kier alpha value is -0.910. The number of carbonyl (C=O) groups is 1. The van der Waals surface area contributed by atoms with Gasteiger partial charge in [-0.2, -0.15) is 0 Å². The number of rotatable bonds is 6. The van der Waals surface area contributed by atoms with Gasteiger partial charge in [0.15, 0.2) is 0 Å². The lowest BCUT2D eigenvalue weighted by Gasteiger charge is -2.17. The molecule has 1 aromatic rings. The predicted octanol–water partition coefficient (Wildman–Crippen LogP) is 2.14. The van der Waals surface area contributed by atoms with E-state index in [4.69, 9.17) is 5.84 Å². The standard InChI is InChI=1S/C13H23N3OS/c1-9(2)5-6-16(4)8-11-7-12(13(17)15-14)18-10(11)3/h7,9H,5-6,8,14H2,1-4H3,(H,15,17). The highest BCUT2D eigenvalue weighted by atomic mass is 32.1. The van der Waals surface area contributed by atoms with Crippen LogP contribution in [0.25, 0.3) is 0 Å². The first-order chi connectivity index (χ1) is 8.43. The van der Waals surface area contributed by atoms with Crippen molar-refractivity contribution in [3.63, 3.8) is 0 Å². The van der Waals surface area contributed by atoms with E-state index >= 15 is 0 Å². The molecule has 1 aromatic heterocycles. The molecular weight excluding hydrogens is 246 g/mol. The summed E-state index contributed by atoms with van der Waals surface area (Å²) in [5.41, 5.74) is 3.39. The Morgan fingerprint density at radius 1 is 1.56 bits per heavy atom. The van der Waals surface area contributed by atoms with Gasteiger partial charge in [-0.3, -0.25) is 10.2 Å². The summed E-state index contributed by atoms with van der Waals surface area (Å²) in [7, 11) is 2.11. The van der Waals surface area contributed by atoms with Crippen molar-refractivity contribution in [1.82, 2.24) is 10.3 Å². The summed E-state index contributed by atoms with van der Waals surface area (Å²) in [5, 5.41) is 0. The van der Waals surface area contributed by atoms with Crippen molar-refractivity contribution in [2.24, 2.45) is 11.8 Å². The fourth-order valence-corrected chi connectivity index (χ4v) is 2.65. The Kier molecular flexibility index (Phi) is 5.78. The summed E-state index contributed by atoms with van der Waals surface area (Å²) in [6, 6.07) is 1.94. The molecule has 0 unspecified atom stereocenters. The molecular formula is C13H23N3OS. The number of nitrogens with two attached hydrogens (primary N) is 1. The lowest BCUT2D eigenvalue weighted by Crippen LogP contribution is -2.29. The molecule has 0 saturated heterocycles. The molecule has 0 bridgehead atoms. The number of carbonyl (C=O) groups excluding carboxylic acids is 1. The third-order valence-corrected chi connectivity index (χ3v) is 4.00. The van der Waals surface area contributed by atoms with E-state index < -0.39 is 0 Å². The Bertz CT molecular complexity index is 401. The lowest BCUT2D eigenvalue weighted by atomic mass is 10.1. The van der Waals surface area contributed by atoms with Crippen LogP contribution in [0.5, 0.6) is 0 Å². The quantitative estimate of drug-likeness (QED) is 0.472.